The van der Waals surface area contributed by atoms with Crippen molar-refractivity contribution in [2.24, 2.45) is 0 Å². The number of hydrogen-bond acceptors (Lipinski definition) is 12. The van der Waals surface area contributed by atoms with Gasteiger partial charge in [-0.2, -0.15) is 0 Å². The predicted molar refractivity (Wildman–Crippen MR) is 253 cm³/mol. The predicted octanol–water partition coefficient (Wildman–Crippen LogP) is 12.1. The van der Waals surface area contributed by atoms with E-state index in [2.05, 4.69) is 20.1 Å². The van der Waals surface area contributed by atoms with Crippen LogP contribution in [0.25, 0.3) is 0 Å². The summed E-state index contributed by atoms with van der Waals surface area (Å²) in [5, 5.41) is 0. The summed E-state index contributed by atoms with van der Waals surface area (Å²) in [5.41, 5.74) is 2.25. The Balaban J connectivity index is 0.000000474. The zero-order valence-corrected chi connectivity index (χ0v) is 39.9. The number of rotatable bonds is 28. The fraction of sp³-hybridized carbons (Fsp3) is 0.491. The molecule has 12 heteroatoms. The van der Waals surface area contributed by atoms with Crippen molar-refractivity contribution < 1.29 is 57.1 Å². The Morgan fingerprint density at radius 2 is 0.923 bits per heavy atom. The number of carbonyl (C=O) groups excluding carboxylic acids is 5. The van der Waals surface area contributed by atoms with E-state index in [4.69, 9.17) is 33.2 Å². The van der Waals surface area contributed by atoms with Gasteiger partial charge in [0.1, 0.15) is 23.0 Å². The monoisotopic (exact) mass is 901 g/mol. The van der Waals surface area contributed by atoms with E-state index in [-0.39, 0.29) is 29.3 Å². The molecule has 65 heavy (non-hydrogen) atoms. The van der Waals surface area contributed by atoms with Crippen LogP contribution in [0.15, 0.2) is 91.0 Å². The number of ether oxygens (including phenoxy) is 7. The summed E-state index contributed by atoms with van der Waals surface area (Å²) >= 11 is 0. The van der Waals surface area contributed by atoms with Crippen LogP contribution >= 0.6 is 0 Å². The summed E-state index contributed by atoms with van der Waals surface area (Å²) in [4.78, 5) is 59.1. The Hall–Kier alpha value is -5.91. The highest BCUT2D eigenvalue weighted by atomic mass is 16.6. The van der Waals surface area contributed by atoms with E-state index in [1.54, 1.807) is 80.6 Å². The molecule has 0 aliphatic heterocycles. The van der Waals surface area contributed by atoms with Crippen LogP contribution in [0.3, 0.4) is 0 Å². The second-order valence-electron chi connectivity index (χ2n) is 16.8. The quantitative estimate of drug-likeness (QED) is 0.0224. The van der Waals surface area contributed by atoms with E-state index in [9.17, 15) is 24.0 Å². The first-order valence-electron chi connectivity index (χ1n) is 22.9. The van der Waals surface area contributed by atoms with Crippen LogP contribution in [0, 0.1) is 0 Å². The molecule has 0 aromatic heterocycles. The summed E-state index contributed by atoms with van der Waals surface area (Å²) in [6, 6.07) is 18.9. The van der Waals surface area contributed by atoms with E-state index in [0.717, 1.165) is 81.9 Å². The number of esters is 5. The number of benzene rings is 3. The van der Waals surface area contributed by atoms with E-state index >= 15 is 0 Å². The van der Waals surface area contributed by atoms with Crippen molar-refractivity contribution in [2.75, 3.05) is 33.0 Å². The lowest BCUT2D eigenvalue weighted by Crippen LogP contribution is -2.17. The molecule has 356 valence electrons. The summed E-state index contributed by atoms with van der Waals surface area (Å²) in [6.45, 7) is 22.9. The molecule has 3 aromatic carbocycles. The molecule has 3 aromatic rings. The first-order valence-corrected chi connectivity index (χ1v) is 22.9. The minimum Gasteiger partial charge on any atom is -0.494 e. The number of carbonyl (C=O) groups is 5. The Kier molecular flexibility index (Phi) is 26.4. The zero-order chi connectivity index (χ0) is 48.0. The Labute approximate surface area is 387 Å². The number of hydrogen-bond donors (Lipinski definition) is 0. The topological polar surface area (TPSA) is 150 Å². The van der Waals surface area contributed by atoms with Crippen LogP contribution in [0.1, 0.15) is 158 Å². The van der Waals surface area contributed by atoms with Crippen LogP contribution in [-0.4, -0.2) is 62.9 Å². The lowest BCUT2D eigenvalue weighted by molar-refractivity contribution is -0.139. The van der Waals surface area contributed by atoms with Gasteiger partial charge in [0.25, 0.3) is 0 Å². The summed E-state index contributed by atoms with van der Waals surface area (Å²) in [7, 11) is 0. The van der Waals surface area contributed by atoms with Crippen molar-refractivity contribution in [1.82, 2.24) is 0 Å². The summed E-state index contributed by atoms with van der Waals surface area (Å²) in [6.07, 6.45) is 11.5. The summed E-state index contributed by atoms with van der Waals surface area (Å²) in [5.74, 6) is 0.535. The minimum absolute atomic E-state index is 0.286. The molecule has 0 aliphatic carbocycles. The SMILES string of the molecule is C=C(C)C(=O)OCCCCCCOc1ccc(C(=O)OCCCCC)cc1.C=C(C)C(=O)OCCCCCCOc1ccc(C(=O)Oc2ccc(OC(=O)CCC)c(C(C)(C)C)c2)cc1. The van der Waals surface area contributed by atoms with E-state index in [0.29, 0.717) is 85.4 Å². The Bertz CT molecular complexity index is 1940. The fourth-order valence-corrected chi connectivity index (χ4v) is 5.84. The maximum atomic E-state index is 12.7. The van der Waals surface area contributed by atoms with Gasteiger partial charge in [-0.15, -0.1) is 0 Å². The van der Waals surface area contributed by atoms with Crippen molar-refractivity contribution in [1.29, 1.82) is 0 Å². The minimum atomic E-state index is -0.487. The Morgan fingerprint density at radius 3 is 1.37 bits per heavy atom. The molecular formula is C53H72O12. The largest absolute Gasteiger partial charge is 0.494 e. The van der Waals surface area contributed by atoms with E-state index < -0.39 is 5.97 Å². The molecule has 12 nitrogen and oxygen atoms in total. The fourth-order valence-electron chi connectivity index (χ4n) is 5.84. The van der Waals surface area contributed by atoms with Gasteiger partial charge in [0.2, 0.25) is 0 Å². The zero-order valence-electron chi connectivity index (χ0n) is 39.9. The van der Waals surface area contributed by atoms with Gasteiger partial charge in [-0.25, -0.2) is 19.2 Å². The molecule has 3 rings (SSSR count). The van der Waals surface area contributed by atoms with Crippen molar-refractivity contribution >= 4 is 29.8 Å². The van der Waals surface area contributed by atoms with Crippen molar-refractivity contribution in [3.63, 3.8) is 0 Å². The highest BCUT2D eigenvalue weighted by Crippen LogP contribution is 2.35. The highest BCUT2D eigenvalue weighted by Gasteiger charge is 2.22. The van der Waals surface area contributed by atoms with Crippen LogP contribution in [0.4, 0.5) is 0 Å². The molecule has 0 spiro atoms. The molecule has 0 atom stereocenters. The molecule has 0 amide bonds. The van der Waals surface area contributed by atoms with Crippen LogP contribution in [0.2, 0.25) is 0 Å². The molecule has 0 fully saturated rings. The molecule has 0 saturated heterocycles. The van der Waals surface area contributed by atoms with Crippen molar-refractivity contribution in [3.05, 3.63) is 108 Å². The maximum Gasteiger partial charge on any atom is 0.343 e. The van der Waals surface area contributed by atoms with Gasteiger partial charge in [0, 0.05) is 23.1 Å². The van der Waals surface area contributed by atoms with Crippen LogP contribution < -0.4 is 18.9 Å². The van der Waals surface area contributed by atoms with Crippen LogP contribution in [-0.2, 0) is 34.0 Å². The first kappa shape index (κ1) is 55.2. The molecule has 0 aliphatic rings. The molecule has 0 unspecified atom stereocenters. The lowest BCUT2D eigenvalue weighted by atomic mass is 9.86. The van der Waals surface area contributed by atoms with Crippen molar-refractivity contribution in [3.8, 4) is 23.0 Å². The van der Waals surface area contributed by atoms with E-state index in [1.807, 2.05) is 27.7 Å². The van der Waals surface area contributed by atoms with Gasteiger partial charge >= 0.3 is 29.8 Å². The standard InChI is InChI=1S/C31H40O7.C22H32O5/c1-7-12-28(32)38-27-18-17-25(21-26(27)31(4,5)6)37-30(34)23-13-15-24(16-14-23)35-19-10-8-9-11-20-36-29(33)22(2)3;1-4-5-8-16-27-22(24)19-11-13-20(14-12-19)25-15-9-6-7-10-17-26-21(23)18(2)3/h13-18,21H,2,7-12,19-20H2,1,3-6H3;11-14H,2,4-10,15-17H2,1,3H3. The second-order valence-corrected chi connectivity index (χ2v) is 16.8. The van der Waals surface area contributed by atoms with Gasteiger partial charge in [-0.05, 0) is 150 Å². The molecule has 0 bridgehead atoms. The smallest absolute Gasteiger partial charge is 0.343 e. The highest BCUT2D eigenvalue weighted by molar-refractivity contribution is 5.91. The number of unbranched alkanes of at least 4 members (excludes halogenated alkanes) is 8. The lowest BCUT2D eigenvalue weighted by Gasteiger charge is -2.23. The molecule has 0 radical (unpaired) electrons. The van der Waals surface area contributed by atoms with Crippen LogP contribution in [0.5, 0.6) is 23.0 Å². The third kappa shape index (κ3) is 23.6. The molecule has 0 heterocycles. The normalized spacial score (nSPS) is 10.7. The first-order chi connectivity index (χ1) is 31.0. The second kappa shape index (κ2) is 31.0. The average Bonchev–Trinajstić information content (AvgIpc) is 3.27. The average molecular weight is 901 g/mol. The van der Waals surface area contributed by atoms with Gasteiger partial charge < -0.3 is 33.2 Å². The molecule has 0 N–H and O–H groups in total. The van der Waals surface area contributed by atoms with Gasteiger partial charge in [-0.3, -0.25) is 4.79 Å². The van der Waals surface area contributed by atoms with Gasteiger partial charge in [-0.1, -0.05) is 60.6 Å². The maximum absolute atomic E-state index is 12.7. The van der Waals surface area contributed by atoms with E-state index in [1.165, 1.54) is 0 Å². The molecule has 0 saturated carbocycles. The van der Waals surface area contributed by atoms with Crippen molar-refractivity contribution in [2.45, 2.75) is 137 Å². The van der Waals surface area contributed by atoms with Gasteiger partial charge in [0.05, 0.1) is 44.2 Å². The third-order valence-corrected chi connectivity index (χ3v) is 9.59. The molecular weight excluding hydrogens is 829 g/mol. The van der Waals surface area contributed by atoms with Gasteiger partial charge in [0.15, 0.2) is 0 Å². The Morgan fingerprint density at radius 1 is 0.492 bits per heavy atom. The summed E-state index contributed by atoms with van der Waals surface area (Å²) < 4.78 is 37.9. The third-order valence-electron chi connectivity index (χ3n) is 9.59.